The van der Waals surface area contributed by atoms with Gasteiger partial charge in [-0.25, -0.2) is 0 Å². The van der Waals surface area contributed by atoms with Crippen molar-refractivity contribution in [2.45, 2.75) is 45.3 Å². The van der Waals surface area contributed by atoms with Crippen molar-refractivity contribution in [1.82, 2.24) is 14.8 Å². The lowest BCUT2D eigenvalue weighted by atomic mass is 10.0. The van der Waals surface area contributed by atoms with E-state index in [0.717, 1.165) is 50.4 Å². The van der Waals surface area contributed by atoms with E-state index in [1.165, 1.54) is 16.2 Å². The molecular weight excluding hydrogens is 500 g/mol. The molecule has 0 saturated carbocycles. The van der Waals surface area contributed by atoms with Crippen molar-refractivity contribution < 1.29 is 19.1 Å². The fourth-order valence-corrected chi connectivity index (χ4v) is 6.24. The molecule has 3 aromatic rings. The van der Waals surface area contributed by atoms with E-state index in [-0.39, 0.29) is 49.8 Å². The van der Waals surface area contributed by atoms with Crippen LogP contribution in [0.15, 0.2) is 30.5 Å². The number of pyridine rings is 1. The van der Waals surface area contributed by atoms with Gasteiger partial charge in [0, 0.05) is 66.0 Å². The highest BCUT2D eigenvalue weighted by atomic mass is 35.5. The summed E-state index contributed by atoms with van der Waals surface area (Å²) in [7, 11) is 0. The number of fused-ring (bicyclic) bond motifs is 1. The van der Waals surface area contributed by atoms with Crippen molar-refractivity contribution in [2.75, 3.05) is 19.6 Å². The first kappa shape index (κ1) is 24.7. The maximum absolute atomic E-state index is 12.1. The van der Waals surface area contributed by atoms with Gasteiger partial charge in [0.15, 0.2) is 0 Å². The van der Waals surface area contributed by atoms with Crippen LogP contribution in [-0.4, -0.2) is 58.2 Å². The van der Waals surface area contributed by atoms with Gasteiger partial charge in [-0.3, -0.25) is 24.3 Å². The Kier molecular flexibility index (Phi) is 6.96. The largest absolute Gasteiger partial charge is 0.489 e. The van der Waals surface area contributed by atoms with Gasteiger partial charge >= 0.3 is 0 Å². The van der Waals surface area contributed by atoms with Gasteiger partial charge in [0.25, 0.3) is 0 Å². The zero-order chi connectivity index (χ0) is 25.4. The van der Waals surface area contributed by atoms with E-state index in [1.807, 2.05) is 31.2 Å². The number of nitrogens with zero attached hydrogens (tertiary/aromatic N) is 3. The minimum absolute atomic E-state index is 0.0207. The van der Waals surface area contributed by atoms with Gasteiger partial charge < -0.3 is 15.4 Å². The number of ether oxygens (including phenoxy) is 1. The molecule has 3 amide bonds. The molecule has 2 aromatic heterocycles. The lowest BCUT2D eigenvalue weighted by Gasteiger charge is -2.32. The van der Waals surface area contributed by atoms with Crippen LogP contribution < -0.4 is 10.5 Å². The maximum atomic E-state index is 12.1. The Bertz CT molecular complexity index is 1330. The van der Waals surface area contributed by atoms with Crippen LogP contribution in [0.25, 0.3) is 21.3 Å². The third-order valence-corrected chi connectivity index (χ3v) is 8.08. The van der Waals surface area contributed by atoms with Gasteiger partial charge in [-0.2, -0.15) is 0 Å². The summed E-state index contributed by atoms with van der Waals surface area (Å²) in [6.45, 7) is 3.48. The lowest BCUT2D eigenvalue weighted by molar-refractivity contribution is -0.139. The van der Waals surface area contributed by atoms with Crippen LogP contribution >= 0.6 is 22.9 Å². The molecule has 0 unspecified atom stereocenters. The SMILES string of the molecule is Cc1cc(Cl)cc(-c2ccnc3cc(CN4C(=O)CCC4=O)sc23)c1OC1CCN(C(=O)CN)CC1. The zero-order valence-corrected chi connectivity index (χ0v) is 21.5. The Hall–Kier alpha value is -3.01. The predicted octanol–water partition coefficient (Wildman–Crippen LogP) is 3.90. The van der Waals surface area contributed by atoms with E-state index < -0.39 is 0 Å². The Morgan fingerprint density at radius 3 is 2.58 bits per heavy atom. The van der Waals surface area contributed by atoms with Crippen molar-refractivity contribution in [3.63, 3.8) is 0 Å². The fourth-order valence-electron chi connectivity index (χ4n) is 4.84. The Labute approximate surface area is 218 Å². The molecule has 2 aliphatic heterocycles. The summed E-state index contributed by atoms with van der Waals surface area (Å²) < 4.78 is 7.48. The second-order valence-corrected chi connectivity index (χ2v) is 10.7. The molecular formula is C26H27ClN4O4S. The maximum Gasteiger partial charge on any atom is 0.236 e. The highest BCUT2D eigenvalue weighted by molar-refractivity contribution is 7.19. The molecule has 188 valence electrons. The summed E-state index contributed by atoms with van der Waals surface area (Å²) in [5.41, 5.74) is 9.04. The highest BCUT2D eigenvalue weighted by Gasteiger charge is 2.30. The number of piperidine rings is 1. The quantitative estimate of drug-likeness (QED) is 0.488. The van der Waals surface area contributed by atoms with Crippen LogP contribution in [0.2, 0.25) is 5.02 Å². The molecule has 36 heavy (non-hydrogen) atoms. The zero-order valence-electron chi connectivity index (χ0n) is 20.0. The summed E-state index contributed by atoms with van der Waals surface area (Å²) in [6, 6.07) is 7.66. The van der Waals surface area contributed by atoms with Crippen LogP contribution in [0.5, 0.6) is 5.75 Å². The van der Waals surface area contributed by atoms with E-state index in [4.69, 9.17) is 22.1 Å². The molecule has 0 bridgehead atoms. The van der Waals surface area contributed by atoms with E-state index in [9.17, 15) is 14.4 Å². The van der Waals surface area contributed by atoms with Gasteiger partial charge in [0.1, 0.15) is 11.9 Å². The average molecular weight is 527 g/mol. The smallest absolute Gasteiger partial charge is 0.236 e. The van der Waals surface area contributed by atoms with Gasteiger partial charge in [0.05, 0.1) is 23.3 Å². The molecule has 0 atom stereocenters. The van der Waals surface area contributed by atoms with Crippen molar-refractivity contribution in [3.05, 3.63) is 45.9 Å². The summed E-state index contributed by atoms with van der Waals surface area (Å²) in [5.74, 6) is 0.453. The molecule has 4 heterocycles. The molecule has 1 aromatic carbocycles. The Morgan fingerprint density at radius 2 is 1.89 bits per heavy atom. The van der Waals surface area contributed by atoms with Gasteiger partial charge in [-0.15, -0.1) is 11.3 Å². The van der Waals surface area contributed by atoms with E-state index in [2.05, 4.69) is 4.98 Å². The summed E-state index contributed by atoms with van der Waals surface area (Å²) in [5, 5.41) is 0.605. The molecule has 8 nitrogen and oxygen atoms in total. The number of thiophene rings is 1. The normalized spacial score (nSPS) is 16.9. The molecule has 0 spiro atoms. The number of benzene rings is 1. The summed E-state index contributed by atoms with van der Waals surface area (Å²) in [6.07, 6.45) is 3.70. The van der Waals surface area contributed by atoms with E-state index in [0.29, 0.717) is 18.1 Å². The predicted molar refractivity (Wildman–Crippen MR) is 139 cm³/mol. The number of likely N-dealkylation sites (tertiary alicyclic amines) is 2. The van der Waals surface area contributed by atoms with E-state index >= 15 is 0 Å². The van der Waals surface area contributed by atoms with Crippen LogP contribution in [0.3, 0.4) is 0 Å². The number of aryl methyl sites for hydroxylation is 1. The van der Waals surface area contributed by atoms with Crippen LogP contribution in [0.1, 0.15) is 36.1 Å². The molecule has 0 aliphatic carbocycles. The second kappa shape index (κ2) is 10.2. The number of aromatic nitrogens is 1. The van der Waals surface area contributed by atoms with Crippen LogP contribution in [0, 0.1) is 6.92 Å². The van der Waals surface area contributed by atoms with Gasteiger partial charge in [0.2, 0.25) is 17.7 Å². The molecule has 5 rings (SSSR count). The van der Waals surface area contributed by atoms with Crippen molar-refractivity contribution >= 4 is 50.9 Å². The Morgan fingerprint density at radius 1 is 1.17 bits per heavy atom. The monoisotopic (exact) mass is 526 g/mol. The average Bonchev–Trinajstić information content (AvgIpc) is 3.43. The number of hydrogen-bond acceptors (Lipinski definition) is 7. The number of imide groups is 1. The van der Waals surface area contributed by atoms with Gasteiger partial charge in [-0.1, -0.05) is 11.6 Å². The Balaban J connectivity index is 1.46. The lowest BCUT2D eigenvalue weighted by Crippen LogP contribution is -2.44. The summed E-state index contributed by atoms with van der Waals surface area (Å²) in [4.78, 5) is 44.7. The fraction of sp³-hybridized carbons (Fsp3) is 0.385. The topological polar surface area (TPSA) is 106 Å². The number of hydrogen-bond donors (Lipinski definition) is 1. The molecule has 2 N–H and O–H groups in total. The first-order chi connectivity index (χ1) is 17.3. The first-order valence-electron chi connectivity index (χ1n) is 12.0. The van der Waals surface area contributed by atoms with Crippen molar-refractivity contribution in [1.29, 1.82) is 0 Å². The molecule has 0 radical (unpaired) electrons. The number of carbonyl (C=O) groups excluding carboxylic acids is 3. The summed E-state index contributed by atoms with van der Waals surface area (Å²) >= 11 is 8.00. The number of halogens is 1. The van der Waals surface area contributed by atoms with Crippen molar-refractivity contribution in [2.24, 2.45) is 5.73 Å². The third-order valence-electron chi connectivity index (χ3n) is 6.72. The van der Waals surface area contributed by atoms with Crippen LogP contribution in [0.4, 0.5) is 0 Å². The third kappa shape index (κ3) is 4.83. The minimum atomic E-state index is -0.133. The van der Waals surface area contributed by atoms with Gasteiger partial charge in [-0.05, 0) is 36.8 Å². The van der Waals surface area contributed by atoms with Crippen LogP contribution in [-0.2, 0) is 20.9 Å². The highest BCUT2D eigenvalue weighted by Crippen LogP contribution is 2.42. The van der Waals surface area contributed by atoms with E-state index in [1.54, 1.807) is 11.1 Å². The molecule has 10 heteroatoms. The number of rotatable bonds is 6. The number of amides is 3. The minimum Gasteiger partial charge on any atom is -0.489 e. The standard InChI is InChI=1S/C26H27ClN4O4S/c1-15-10-16(27)11-20(25(15)35-17-5-8-30(9-6-17)24(34)13-28)19-4-7-29-21-12-18(36-26(19)21)14-31-22(32)2-3-23(31)33/h4,7,10-12,17H,2-3,5-6,8-9,13-14,28H2,1H3. The first-order valence-corrected chi connectivity index (χ1v) is 13.2. The number of nitrogens with two attached hydrogens (primary N) is 1. The molecule has 2 aliphatic rings. The number of carbonyl (C=O) groups is 3. The molecule has 2 fully saturated rings. The van der Waals surface area contributed by atoms with Crippen molar-refractivity contribution in [3.8, 4) is 16.9 Å². The molecule has 2 saturated heterocycles. The second-order valence-electron chi connectivity index (χ2n) is 9.16.